The molecule has 6 heteroatoms. The lowest BCUT2D eigenvalue weighted by atomic mass is 10.0. The van der Waals surface area contributed by atoms with Crippen LogP contribution in [0.1, 0.15) is 30.0 Å². The van der Waals surface area contributed by atoms with E-state index in [1.54, 1.807) is 30.5 Å². The van der Waals surface area contributed by atoms with Crippen molar-refractivity contribution >= 4 is 17.5 Å². The fraction of sp³-hybridized carbons (Fsp3) is 0.357. The normalized spacial score (nSPS) is 12.6. The first-order valence-corrected chi connectivity index (χ1v) is 6.38. The number of aryl methyl sites for hydroxylation is 1. The molecule has 0 bridgehead atoms. The molecule has 2 aromatic heterocycles. The molecule has 2 rings (SSSR count). The van der Waals surface area contributed by atoms with E-state index in [-0.39, 0.29) is 11.6 Å². The highest BCUT2D eigenvalue weighted by atomic mass is 16.4. The van der Waals surface area contributed by atoms with Crippen LogP contribution in [-0.4, -0.2) is 32.4 Å². The zero-order valence-corrected chi connectivity index (χ0v) is 11.6. The van der Waals surface area contributed by atoms with Crippen LogP contribution in [0.15, 0.2) is 24.4 Å². The van der Waals surface area contributed by atoms with Crippen LogP contribution in [0, 0.1) is 12.8 Å². The second kappa shape index (κ2) is 5.32. The van der Waals surface area contributed by atoms with Gasteiger partial charge in [-0.2, -0.15) is 0 Å². The van der Waals surface area contributed by atoms with Crippen LogP contribution in [0.2, 0.25) is 0 Å². The van der Waals surface area contributed by atoms with E-state index in [4.69, 9.17) is 5.11 Å². The quantitative estimate of drug-likeness (QED) is 0.885. The fourth-order valence-electron chi connectivity index (χ4n) is 1.99. The number of fused-ring (bicyclic) bond motifs is 1. The number of aliphatic carboxylic acids is 1. The lowest BCUT2D eigenvalue weighted by molar-refractivity contribution is -0.140. The monoisotopic (exact) mass is 275 g/mol. The molecule has 0 aromatic carbocycles. The Bertz CT molecular complexity index is 661. The summed E-state index contributed by atoms with van der Waals surface area (Å²) >= 11 is 0. The molecular formula is C14H17N3O3. The van der Waals surface area contributed by atoms with Crippen molar-refractivity contribution in [3.8, 4) is 0 Å². The third kappa shape index (κ3) is 2.64. The molecule has 2 aromatic rings. The number of pyridine rings is 1. The van der Waals surface area contributed by atoms with E-state index in [1.165, 1.54) is 0 Å². The second-order valence-electron chi connectivity index (χ2n) is 5.05. The Morgan fingerprint density at radius 1 is 1.35 bits per heavy atom. The summed E-state index contributed by atoms with van der Waals surface area (Å²) in [6.07, 6.45) is 1.61. The van der Waals surface area contributed by atoms with E-state index < -0.39 is 17.9 Å². The smallest absolute Gasteiger partial charge is 0.326 e. The van der Waals surface area contributed by atoms with Crippen molar-refractivity contribution < 1.29 is 14.7 Å². The number of carboxylic acids is 1. The predicted molar refractivity (Wildman–Crippen MR) is 73.7 cm³/mol. The lowest BCUT2D eigenvalue weighted by Gasteiger charge is -2.16. The molecule has 0 radical (unpaired) electrons. The molecular weight excluding hydrogens is 258 g/mol. The van der Waals surface area contributed by atoms with Crippen LogP contribution in [0.25, 0.3) is 5.65 Å². The SMILES string of the molecule is Cc1cccc2nc(C(=O)NC(C(=O)O)C(C)C)cn12. The number of aromatic nitrogens is 2. The Morgan fingerprint density at radius 2 is 2.05 bits per heavy atom. The van der Waals surface area contributed by atoms with Crippen molar-refractivity contribution in [3.63, 3.8) is 0 Å². The molecule has 6 nitrogen and oxygen atoms in total. The van der Waals surface area contributed by atoms with Gasteiger partial charge < -0.3 is 14.8 Å². The largest absolute Gasteiger partial charge is 0.480 e. The number of carbonyl (C=O) groups excluding carboxylic acids is 1. The highest BCUT2D eigenvalue weighted by Crippen LogP contribution is 2.09. The third-order valence-electron chi connectivity index (χ3n) is 3.15. The van der Waals surface area contributed by atoms with Crippen molar-refractivity contribution in [3.05, 3.63) is 35.8 Å². The van der Waals surface area contributed by atoms with Gasteiger partial charge in [0.05, 0.1) is 0 Å². The third-order valence-corrected chi connectivity index (χ3v) is 3.15. The molecule has 20 heavy (non-hydrogen) atoms. The molecule has 0 spiro atoms. The van der Waals surface area contributed by atoms with Crippen LogP contribution in [0.3, 0.4) is 0 Å². The maximum Gasteiger partial charge on any atom is 0.326 e. The molecule has 0 saturated heterocycles. The summed E-state index contributed by atoms with van der Waals surface area (Å²) in [6.45, 7) is 5.39. The van der Waals surface area contributed by atoms with Crippen molar-refractivity contribution in [2.45, 2.75) is 26.8 Å². The highest BCUT2D eigenvalue weighted by molar-refractivity contribution is 5.95. The molecule has 1 unspecified atom stereocenters. The Balaban J connectivity index is 2.27. The summed E-state index contributed by atoms with van der Waals surface area (Å²) in [4.78, 5) is 27.4. The molecule has 0 aliphatic heterocycles. The van der Waals surface area contributed by atoms with E-state index in [0.717, 1.165) is 5.69 Å². The Hall–Kier alpha value is -2.37. The predicted octanol–water partition coefficient (Wildman–Crippen LogP) is 1.48. The van der Waals surface area contributed by atoms with Gasteiger partial charge >= 0.3 is 5.97 Å². The van der Waals surface area contributed by atoms with E-state index in [0.29, 0.717) is 5.65 Å². The first-order valence-electron chi connectivity index (χ1n) is 6.38. The van der Waals surface area contributed by atoms with Gasteiger partial charge in [0.2, 0.25) is 0 Å². The van der Waals surface area contributed by atoms with Crippen LogP contribution in [-0.2, 0) is 4.79 Å². The minimum atomic E-state index is -1.05. The van der Waals surface area contributed by atoms with Crippen molar-refractivity contribution in [2.24, 2.45) is 5.92 Å². The topological polar surface area (TPSA) is 83.7 Å². The summed E-state index contributed by atoms with van der Waals surface area (Å²) < 4.78 is 1.79. The van der Waals surface area contributed by atoms with Gasteiger partial charge in [-0.25, -0.2) is 9.78 Å². The fourth-order valence-corrected chi connectivity index (χ4v) is 1.99. The van der Waals surface area contributed by atoms with E-state index in [2.05, 4.69) is 10.3 Å². The zero-order valence-electron chi connectivity index (χ0n) is 11.6. The summed E-state index contributed by atoms with van der Waals surface area (Å²) in [5.74, 6) is -1.72. The van der Waals surface area contributed by atoms with Crippen molar-refractivity contribution in [2.75, 3.05) is 0 Å². The molecule has 0 saturated carbocycles. The maximum absolute atomic E-state index is 12.1. The van der Waals surface area contributed by atoms with Gasteiger partial charge in [-0.05, 0) is 25.0 Å². The Labute approximate surface area is 116 Å². The molecule has 2 N–H and O–H groups in total. The maximum atomic E-state index is 12.1. The van der Waals surface area contributed by atoms with Crippen LogP contribution < -0.4 is 5.32 Å². The number of carboxylic acid groups (broad SMARTS) is 1. The molecule has 106 valence electrons. The number of nitrogens with one attached hydrogen (secondary N) is 1. The first kappa shape index (κ1) is 14.0. The highest BCUT2D eigenvalue weighted by Gasteiger charge is 2.25. The van der Waals surface area contributed by atoms with Gasteiger partial charge in [0.15, 0.2) is 0 Å². The van der Waals surface area contributed by atoms with E-state index in [9.17, 15) is 9.59 Å². The first-order chi connectivity index (χ1) is 9.40. The number of carbonyl (C=O) groups is 2. The van der Waals surface area contributed by atoms with E-state index >= 15 is 0 Å². The zero-order chi connectivity index (χ0) is 14.9. The number of hydrogen-bond acceptors (Lipinski definition) is 3. The van der Waals surface area contributed by atoms with Gasteiger partial charge in [-0.15, -0.1) is 0 Å². The van der Waals surface area contributed by atoms with Crippen LogP contribution >= 0.6 is 0 Å². The summed E-state index contributed by atoms with van der Waals surface area (Å²) in [5.41, 5.74) is 1.82. The summed E-state index contributed by atoms with van der Waals surface area (Å²) in [7, 11) is 0. The van der Waals surface area contributed by atoms with Gasteiger partial charge in [0.25, 0.3) is 5.91 Å². The number of hydrogen-bond donors (Lipinski definition) is 2. The van der Waals surface area contributed by atoms with Gasteiger partial charge in [-0.3, -0.25) is 4.79 Å². The number of amides is 1. The Morgan fingerprint density at radius 3 is 2.60 bits per heavy atom. The number of rotatable bonds is 4. The standard InChI is InChI=1S/C14H17N3O3/c1-8(2)12(14(19)20)16-13(18)10-7-17-9(3)5-4-6-11(17)15-10/h4-8,12H,1-3H3,(H,16,18)(H,19,20). The minimum Gasteiger partial charge on any atom is -0.480 e. The number of imidazole rings is 1. The van der Waals surface area contributed by atoms with Gasteiger partial charge in [-0.1, -0.05) is 19.9 Å². The van der Waals surface area contributed by atoms with Crippen molar-refractivity contribution in [1.82, 2.24) is 14.7 Å². The minimum absolute atomic E-state index is 0.199. The Kier molecular flexibility index (Phi) is 3.74. The molecule has 0 fully saturated rings. The molecule has 1 atom stereocenters. The van der Waals surface area contributed by atoms with Crippen LogP contribution in [0.4, 0.5) is 0 Å². The van der Waals surface area contributed by atoms with Crippen molar-refractivity contribution in [1.29, 1.82) is 0 Å². The average Bonchev–Trinajstić information content (AvgIpc) is 2.80. The lowest BCUT2D eigenvalue weighted by Crippen LogP contribution is -2.44. The molecule has 2 heterocycles. The summed E-state index contributed by atoms with van der Waals surface area (Å²) in [5, 5.41) is 11.6. The van der Waals surface area contributed by atoms with Crippen LogP contribution in [0.5, 0.6) is 0 Å². The molecule has 0 aliphatic carbocycles. The summed E-state index contributed by atoms with van der Waals surface area (Å²) in [6, 6.07) is 4.63. The van der Waals surface area contributed by atoms with Gasteiger partial charge in [0.1, 0.15) is 17.4 Å². The number of nitrogens with zero attached hydrogens (tertiary/aromatic N) is 2. The van der Waals surface area contributed by atoms with Gasteiger partial charge in [0, 0.05) is 11.9 Å². The van der Waals surface area contributed by atoms with E-state index in [1.807, 2.05) is 19.1 Å². The molecule has 0 aliphatic rings. The second-order valence-corrected chi connectivity index (χ2v) is 5.05. The molecule has 1 amide bonds. The average molecular weight is 275 g/mol.